The summed E-state index contributed by atoms with van der Waals surface area (Å²) in [6.45, 7) is 2.80. The van der Waals surface area contributed by atoms with Crippen LogP contribution in [0.3, 0.4) is 0 Å². The van der Waals surface area contributed by atoms with E-state index in [1.807, 2.05) is 33.7 Å². The smallest absolute Gasteiger partial charge is 0.156 e. The van der Waals surface area contributed by atoms with E-state index in [1.54, 1.807) is 18.6 Å². The molecule has 0 N–H and O–H groups in total. The molecule has 0 spiro atoms. The van der Waals surface area contributed by atoms with Crippen LogP contribution < -0.4 is 4.90 Å². The van der Waals surface area contributed by atoms with Crippen molar-refractivity contribution in [1.29, 1.82) is 0 Å². The van der Waals surface area contributed by atoms with Crippen molar-refractivity contribution < 1.29 is 9.47 Å². The number of anilines is 1. The Balaban J connectivity index is 1.34. The summed E-state index contributed by atoms with van der Waals surface area (Å²) in [7, 11) is 0. The van der Waals surface area contributed by atoms with Gasteiger partial charge in [0.1, 0.15) is 18.0 Å². The van der Waals surface area contributed by atoms with Gasteiger partial charge in [0.25, 0.3) is 0 Å². The molecule has 5 rings (SSSR count). The van der Waals surface area contributed by atoms with Gasteiger partial charge in [-0.2, -0.15) is 5.10 Å². The van der Waals surface area contributed by atoms with Crippen molar-refractivity contribution in [3.63, 3.8) is 0 Å². The fourth-order valence-electron chi connectivity index (χ4n) is 3.49. The molecule has 24 heavy (non-hydrogen) atoms. The Bertz CT molecular complexity index is 816. The van der Waals surface area contributed by atoms with Crippen molar-refractivity contribution in [1.82, 2.24) is 24.1 Å². The van der Waals surface area contributed by atoms with E-state index in [9.17, 15) is 0 Å². The molecule has 3 aromatic rings. The summed E-state index contributed by atoms with van der Waals surface area (Å²) in [5, 5.41) is 4.29. The Morgan fingerprint density at radius 3 is 2.58 bits per heavy atom. The number of imidazole rings is 1. The molecule has 2 saturated heterocycles. The Morgan fingerprint density at radius 1 is 1.00 bits per heavy atom. The first-order chi connectivity index (χ1) is 11.9. The highest BCUT2D eigenvalue weighted by molar-refractivity contribution is 5.49. The zero-order valence-electron chi connectivity index (χ0n) is 13.1. The summed E-state index contributed by atoms with van der Waals surface area (Å²) in [5.41, 5.74) is 0.847. The molecule has 8 nitrogen and oxygen atoms in total. The predicted molar refractivity (Wildman–Crippen MR) is 85.9 cm³/mol. The average molecular weight is 326 g/mol. The summed E-state index contributed by atoms with van der Waals surface area (Å²) in [6.07, 6.45) is 11.2. The Morgan fingerprint density at radius 2 is 1.83 bits per heavy atom. The van der Waals surface area contributed by atoms with E-state index in [0.29, 0.717) is 13.2 Å². The molecule has 0 saturated carbocycles. The van der Waals surface area contributed by atoms with Crippen LogP contribution in [0.5, 0.6) is 0 Å². The molecule has 0 radical (unpaired) electrons. The van der Waals surface area contributed by atoms with Gasteiger partial charge >= 0.3 is 0 Å². The number of hydrogen-bond acceptors (Lipinski definition) is 6. The highest BCUT2D eigenvalue weighted by Crippen LogP contribution is 2.27. The lowest BCUT2D eigenvalue weighted by atomic mass is 10.3. The Kier molecular flexibility index (Phi) is 3.24. The first-order valence-corrected chi connectivity index (χ1v) is 8.13. The van der Waals surface area contributed by atoms with E-state index in [1.165, 1.54) is 0 Å². The monoisotopic (exact) mass is 326 g/mol. The maximum absolute atomic E-state index is 6.14. The number of hydrogen-bond donors (Lipinski definition) is 0. The summed E-state index contributed by atoms with van der Waals surface area (Å²) in [6, 6.07) is 2.06. The van der Waals surface area contributed by atoms with Gasteiger partial charge in [0.2, 0.25) is 0 Å². The second-order valence-electron chi connectivity index (χ2n) is 6.21. The van der Waals surface area contributed by atoms with Crippen molar-refractivity contribution >= 4 is 11.5 Å². The lowest BCUT2D eigenvalue weighted by Crippen LogP contribution is -2.27. The van der Waals surface area contributed by atoms with Crippen molar-refractivity contribution in [2.75, 3.05) is 31.2 Å². The van der Waals surface area contributed by atoms with Gasteiger partial charge in [-0.05, 0) is 6.07 Å². The maximum Gasteiger partial charge on any atom is 0.156 e. The van der Waals surface area contributed by atoms with E-state index in [4.69, 9.17) is 9.47 Å². The van der Waals surface area contributed by atoms with Gasteiger partial charge in [0, 0.05) is 37.9 Å². The van der Waals surface area contributed by atoms with Crippen LogP contribution in [0.4, 0.5) is 5.82 Å². The molecule has 2 aliphatic heterocycles. The number of fused-ring (bicyclic) bond motifs is 2. The first-order valence-electron chi connectivity index (χ1n) is 8.13. The molecule has 2 aliphatic rings. The van der Waals surface area contributed by atoms with E-state index < -0.39 is 0 Å². The van der Waals surface area contributed by atoms with Crippen LogP contribution >= 0.6 is 0 Å². The largest absolute Gasteiger partial charge is 0.371 e. The average Bonchev–Trinajstić information content (AvgIpc) is 3.33. The van der Waals surface area contributed by atoms with E-state index in [0.717, 1.165) is 24.6 Å². The maximum atomic E-state index is 6.14. The van der Waals surface area contributed by atoms with E-state index >= 15 is 0 Å². The number of aromatic nitrogens is 5. The SMILES string of the molecule is c1cnn(C2CO[C@H]3CN(c4cncc5nccn45)C[C@@H]3OC2)c1. The fraction of sp³-hybridized carbons (Fsp3) is 0.438. The zero-order valence-corrected chi connectivity index (χ0v) is 13.1. The Hall–Kier alpha value is -2.45. The summed E-state index contributed by atoms with van der Waals surface area (Å²) in [4.78, 5) is 10.8. The zero-order chi connectivity index (χ0) is 15.9. The predicted octanol–water partition coefficient (Wildman–Crippen LogP) is 0.771. The van der Waals surface area contributed by atoms with Gasteiger partial charge in [-0.25, -0.2) is 4.98 Å². The van der Waals surface area contributed by atoms with Gasteiger partial charge in [-0.3, -0.25) is 14.1 Å². The quantitative estimate of drug-likeness (QED) is 0.693. The van der Waals surface area contributed by atoms with Crippen LogP contribution in [0.15, 0.2) is 43.2 Å². The molecular weight excluding hydrogens is 308 g/mol. The van der Waals surface area contributed by atoms with E-state index in [2.05, 4.69) is 20.0 Å². The summed E-state index contributed by atoms with van der Waals surface area (Å²) >= 11 is 0. The lowest BCUT2D eigenvalue weighted by molar-refractivity contribution is -0.00461. The molecule has 0 aromatic carbocycles. The highest BCUT2D eigenvalue weighted by atomic mass is 16.6. The van der Waals surface area contributed by atoms with Crippen LogP contribution in [0.2, 0.25) is 0 Å². The molecular formula is C16H18N6O2. The van der Waals surface area contributed by atoms with Gasteiger partial charge in [-0.1, -0.05) is 0 Å². The minimum Gasteiger partial charge on any atom is -0.371 e. The summed E-state index contributed by atoms with van der Waals surface area (Å²) in [5.74, 6) is 1.02. The van der Waals surface area contributed by atoms with Gasteiger partial charge < -0.3 is 14.4 Å². The molecule has 2 atom stereocenters. The topological polar surface area (TPSA) is 69.7 Å². The standard InChI is InChI=1S/C16H18N6O2/c1-2-19-22(4-1)12-10-23-13-8-20(9-14(13)24-11-12)16-7-17-6-15-18-3-5-21(15)16/h1-7,12-14H,8-11H2/t13-,14-/m0/s1. The second kappa shape index (κ2) is 5.57. The molecule has 3 aromatic heterocycles. The van der Waals surface area contributed by atoms with Gasteiger partial charge in [0.05, 0.1) is 31.6 Å². The molecule has 0 unspecified atom stereocenters. The van der Waals surface area contributed by atoms with Crippen LogP contribution in [0.25, 0.3) is 5.65 Å². The normalized spacial score (nSPS) is 25.1. The van der Waals surface area contributed by atoms with Crippen molar-refractivity contribution in [3.8, 4) is 0 Å². The minimum atomic E-state index is 0.0596. The third-order valence-electron chi connectivity index (χ3n) is 4.74. The number of nitrogens with zero attached hydrogens (tertiary/aromatic N) is 6. The van der Waals surface area contributed by atoms with Crippen molar-refractivity contribution in [2.45, 2.75) is 18.2 Å². The van der Waals surface area contributed by atoms with E-state index in [-0.39, 0.29) is 18.2 Å². The molecule has 8 heteroatoms. The van der Waals surface area contributed by atoms with Gasteiger partial charge in [0.15, 0.2) is 5.65 Å². The Labute approximate surface area is 138 Å². The molecule has 0 bridgehead atoms. The van der Waals surface area contributed by atoms with Crippen molar-refractivity contribution in [2.24, 2.45) is 0 Å². The van der Waals surface area contributed by atoms with Crippen molar-refractivity contribution in [3.05, 3.63) is 43.2 Å². The highest BCUT2D eigenvalue weighted by Gasteiger charge is 2.38. The number of rotatable bonds is 2. The molecule has 124 valence electrons. The third kappa shape index (κ3) is 2.26. The van der Waals surface area contributed by atoms with Crippen LogP contribution in [-0.4, -0.2) is 62.7 Å². The van der Waals surface area contributed by atoms with Crippen LogP contribution in [0.1, 0.15) is 6.04 Å². The lowest BCUT2D eigenvalue weighted by Gasteiger charge is -2.21. The van der Waals surface area contributed by atoms with Crippen LogP contribution in [0, 0.1) is 0 Å². The molecule has 0 aliphatic carbocycles. The van der Waals surface area contributed by atoms with Gasteiger partial charge in [-0.15, -0.1) is 0 Å². The number of ether oxygens (including phenoxy) is 2. The second-order valence-corrected chi connectivity index (χ2v) is 6.21. The third-order valence-corrected chi connectivity index (χ3v) is 4.74. The molecule has 5 heterocycles. The molecule has 2 fully saturated rings. The summed E-state index contributed by atoms with van der Waals surface area (Å²) < 4.78 is 16.2. The first kappa shape index (κ1) is 13.9. The minimum absolute atomic E-state index is 0.0596. The fourth-order valence-corrected chi connectivity index (χ4v) is 3.49. The van der Waals surface area contributed by atoms with Crippen LogP contribution in [-0.2, 0) is 9.47 Å². The molecule has 0 amide bonds.